The normalized spacial score (nSPS) is 17.4. The summed E-state index contributed by atoms with van der Waals surface area (Å²) in [6.45, 7) is 0.256. The molecule has 116 valence electrons. The number of nitrogens with one attached hydrogen (secondary N) is 2. The zero-order valence-electron chi connectivity index (χ0n) is 11.7. The van der Waals surface area contributed by atoms with Crippen LogP contribution in [0.5, 0.6) is 5.75 Å². The lowest BCUT2D eigenvalue weighted by atomic mass is 9.96. The standard InChI is InChI=1S/C13H14N4O4S/c1-22(19,20)13-15-12(16-17-13)14-11(18)9-6-8-4-2-3-5-10(8)21-7-9/h2-5,9H,6-7H2,1H3,(H2,14,15,16,17,18)/t9-/m1/s1. The van der Waals surface area contributed by atoms with Crippen LogP contribution in [0.4, 0.5) is 5.95 Å². The average Bonchev–Trinajstić information content (AvgIpc) is 2.95. The summed E-state index contributed by atoms with van der Waals surface area (Å²) >= 11 is 0. The Hall–Kier alpha value is -2.42. The molecule has 2 aromatic rings. The molecule has 0 bridgehead atoms. The molecule has 0 saturated heterocycles. The smallest absolute Gasteiger partial charge is 0.249 e. The summed E-state index contributed by atoms with van der Waals surface area (Å²) in [5.74, 6) is 0.0247. The minimum absolute atomic E-state index is 0.0655. The molecule has 3 rings (SSSR count). The number of anilines is 1. The highest BCUT2D eigenvalue weighted by Crippen LogP contribution is 2.27. The summed E-state index contributed by atoms with van der Waals surface area (Å²) in [7, 11) is -3.49. The molecule has 0 spiro atoms. The first kappa shape index (κ1) is 14.5. The van der Waals surface area contributed by atoms with Gasteiger partial charge in [-0.05, 0) is 18.1 Å². The van der Waals surface area contributed by atoms with E-state index in [2.05, 4.69) is 20.5 Å². The predicted octanol–water partition coefficient (Wildman–Crippen LogP) is 0.398. The molecule has 2 N–H and O–H groups in total. The number of hydrogen-bond donors (Lipinski definition) is 2. The van der Waals surface area contributed by atoms with Gasteiger partial charge < -0.3 is 4.74 Å². The molecule has 8 nitrogen and oxygen atoms in total. The number of amides is 1. The molecule has 1 atom stereocenters. The van der Waals surface area contributed by atoms with Gasteiger partial charge in [0.25, 0.3) is 0 Å². The van der Waals surface area contributed by atoms with Gasteiger partial charge in [0.2, 0.25) is 26.8 Å². The van der Waals surface area contributed by atoms with Crippen LogP contribution in [0.25, 0.3) is 0 Å². The molecule has 1 aliphatic rings. The predicted molar refractivity (Wildman–Crippen MR) is 77.3 cm³/mol. The van der Waals surface area contributed by atoms with Crippen LogP contribution in [0.2, 0.25) is 0 Å². The van der Waals surface area contributed by atoms with Crippen LogP contribution in [-0.4, -0.2) is 42.4 Å². The quantitative estimate of drug-likeness (QED) is 0.845. The summed E-state index contributed by atoms with van der Waals surface area (Å²) in [5.41, 5.74) is 0.959. The van der Waals surface area contributed by atoms with Crippen LogP contribution in [-0.2, 0) is 21.1 Å². The number of fused-ring (bicyclic) bond motifs is 1. The van der Waals surface area contributed by atoms with E-state index in [9.17, 15) is 13.2 Å². The monoisotopic (exact) mass is 322 g/mol. The Morgan fingerprint density at radius 1 is 1.41 bits per heavy atom. The Kier molecular flexibility index (Phi) is 3.57. The van der Waals surface area contributed by atoms with E-state index in [1.807, 2.05) is 24.3 Å². The van der Waals surface area contributed by atoms with Crippen LogP contribution in [0.3, 0.4) is 0 Å². The topological polar surface area (TPSA) is 114 Å². The minimum Gasteiger partial charge on any atom is -0.492 e. The van der Waals surface area contributed by atoms with Crippen molar-refractivity contribution in [3.05, 3.63) is 29.8 Å². The van der Waals surface area contributed by atoms with Crippen molar-refractivity contribution in [2.45, 2.75) is 11.6 Å². The molecule has 0 unspecified atom stereocenters. The first-order chi connectivity index (χ1) is 10.4. The fraction of sp³-hybridized carbons (Fsp3) is 0.308. The van der Waals surface area contributed by atoms with Crippen molar-refractivity contribution in [2.75, 3.05) is 18.2 Å². The SMILES string of the molecule is CS(=O)(=O)c1nc(NC(=O)[C@H]2COc3ccccc3C2)n[nH]1. The van der Waals surface area contributed by atoms with Gasteiger partial charge in [-0.25, -0.2) is 13.5 Å². The van der Waals surface area contributed by atoms with E-state index in [-0.39, 0.29) is 29.5 Å². The molecular formula is C13H14N4O4S. The maximum atomic E-state index is 12.2. The Labute approximate surface area is 126 Å². The zero-order valence-corrected chi connectivity index (χ0v) is 12.6. The van der Waals surface area contributed by atoms with Crippen LogP contribution in [0.15, 0.2) is 29.4 Å². The van der Waals surface area contributed by atoms with E-state index in [1.165, 1.54) is 0 Å². The second kappa shape index (κ2) is 5.41. The average molecular weight is 322 g/mol. The molecule has 0 fully saturated rings. The van der Waals surface area contributed by atoms with Gasteiger partial charge in [0.15, 0.2) is 0 Å². The van der Waals surface area contributed by atoms with E-state index in [4.69, 9.17) is 4.74 Å². The Bertz CT molecular complexity index is 815. The highest BCUT2D eigenvalue weighted by molar-refractivity contribution is 7.90. The molecular weight excluding hydrogens is 308 g/mol. The van der Waals surface area contributed by atoms with Crippen molar-refractivity contribution < 1.29 is 17.9 Å². The number of sulfone groups is 1. The molecule has 2 heterocycles. The fourth-order valence-corrected chi connectivity index (χ4v) is 2.64. The number of aromatic nitrogens is 3. The number of carbonyl (C=O) groups is 1. The number of carbonyl (C=O) groups excluding carboxylic acids is 1. The minimum atomic E-state index is -3.49. The van der Waals surface area contributed by atoms with Crippen molar-refractivity contribution in [3.63, 3.8) is 0 Å². The Morgan fingerprint density at radius 3 is 2.91 bits per heavy atom. The maximum Gasteiger partial charge on any atom is 0.249 e. The highest BCUT2D eigenvalue weighted by Gasteiger charge is 2.27. The van der Waals surface area contributed by atoms with E-state index in [0.717, 1.165) is 17.6 Å². The van der Waals surface area contributed by atoms with Crippen molar-refractivity contribution >= 4 is 21.7 Å². The van der Waals surface area contributed by atoms with E-state index in [1.54, 1.807) is 0 Å². The number of ether oxygens (including phenoxy) is 1. The van der Waals surface area contributed by atoms with E-state index in [0.29, 0.717) is 6.42 Å². The summed E-state index contributed by atoms with van der Waals surface area (Å²) in [6.07, 6.45) is 1.55. The van der Waals surface area contributed by atoms with Crippen LogP contribution in [0.1, 0.15) is 5.56 Å². The van der Waals surface area contributed by atoms with Gasteiger partial charge in [0, 0.05) is 6.26 Å². The van der Waals surface area contributed by atoms with Crippen molar-refractivity contribution in [2.24, 2.45) is 5.92 Å². The van der Waals surface area contributed by atoms with Crippen LogP contribution < -0.4 is 10.1 Å². The largest absolute Gasteiger partial charge is 0.492 e. The number of aromatic amines is 1. The summed E-state index contributed by atoms with van der Waals surface area (Å²) < 4.78 is 28.2. The third kappa shape index (κ3) is 2.93. The Morgan fingerprint density at radius 2 is 2.18 bits per heavy atom. The number of benzene rings is 1. The fourth-order valence-electron chi connectivity index (χ4n) is 2.18. The number of rotatable bonds is 3. The lowest BCUT2D eigenvalue weighted by Gasteiger charge is -2.23. The first-order valence-corrected chi connectivity index (χ1v) is 8.46. The van der Waals surface area contributed by atoms with E-state index < -0.39 is 9.84 Å². The van der Waals surface area contributed by atoms with Crippen molar-refractivity contribution in [1.29, 1.82) is 0 Å². The number of H-pyrrole nitrogens is 1. The van der Waals surface area contributed by atoms with Crippen molar-refractivity contribution in [1.82, 2.24) is 15.2 Å². The van der Waals surface area contributed by atoms with Crippen LogP contribution >= 0.6 is 0 Å². The van der Waals surface area contributed by atoms with Gasteiger partial charge >= 0.3 is 0 Å². The number of para-hydroxylation sites is 1. The van der Waals surface area contributed by atoms with Gasteiger partial charge in [-0.2, -0.15) is 4.98 Å². The highest BCUT2D eigenvalue weighted by atomic mass is 32.2. The summed E-state index contributed by atoms with van der Waals surface area (Å²) in [6, 6.07) is 7.52. The molecule has 0 saturated carbocycles. The van der Waals surface area contributed by atoms with Gasteiger partial charge in [0.05, 0.1) is 5.92 Å². The zero-order chi connectivity index (χ0) is 15.7. The third-order valence-corrected chi connectivity index (χ3v) is 4.19. The number of nitrogens with zero attached hydrogens (tertiary/aromatic N) is 2. The summed E-state index contributed by atoms with van der Waals surface area (Å²) in [5, 5.41) is 8.16. The van der Waals surface area contributed by atoms with Gasteiger partial charge in [-0.3, -0.25) is 10.1 Å². The summed E-state index contributed by atoms with van der Waals surface area (Å²) in [4.78, 5) is 15.9. The lowest BCUT2D eigenvalue weighted by molar-refractivity contribution is -0.121. The van der Waals surface area contributed by atoms with Gasteiger partial charge in [0.1, 0.15) is 12.4 Å². The Balaban J connectivity index is 1.70. The number of hydrogen-bond acceptors (Lipinski definition) is 6. The molecule has 0 aliphatic carbocycles. The van der Waals surface area contributed by atoms with Gasteiger partial charge in [-0.1, -0.05) is 18.2 Å². The third-order valence-electron chi connectivity index (χ3n) is 3.30. The maximum absolute atomic E-state index is 12.2. The molecule has 1 aromatic heterocycles. The molecule has 0 radical (unpaired) electrons. The van der Waals surface area contributed by atoms with Crippen LogP contribution in [0, 0.1) is 5.92 Å². The second-order valence-electron chi connectivity index (χ2n) is 5.05. The van der Waals surface area contributed by atoms with E-state index >= 15 is 0 Å². The van der Waals surface area contributed by atoms with Crippen molar-refractivity contribution in [3.8, 4) is 5.75 Å². The second-order valence-corrected chi connectivity index (χ2v) is 6.98. The molecule has 9 heteroatoms. The molecule has 1 amide bonds. The molecule has 22 heavy (non-hydrogen) atoms. The molecule has 1 aromatic carbocycles. The molecule has 1 aliphatic heterocycles. The first-order valence-electron chi connectivity index (χ1n) is 6.57. The van der Waals surface area contributed by atoms with Gasteiger partial charge in [-0.15, -0.1) is 5.10 Å². The lowest BCUT2D eigenvalue weighted by Crippen LogP contribution is -2.32.